The lowest BCUT2D eigenvalue weighted by Crippen LogP contribution is -2.60. The third-order valence-electron chi connectivity index (χ3n) is 5.42. The lowest BCUT2D eigenvalue weighted by molar-refractivity contribution is 0.0636. The fourth-order valence-electron chi connectivity index (χ4n) is 3.87. The predicted octanol–water partition coefficient (Wildman–Crippen LogP) is 3.28. The van der Waals surface area contributed by atoms with Gasteiger partial charge in [-0.1, -0.05) is 46.5 Å². The van der Waals surface area contributed by atoms with Crippen LogP contribution in [0.5, 0.6) is 0 Å². The van der Waals surface area contributed by atoms with E-state index in [9.17, 15) is 0 Å². The Labute approximate surface area is 114 Å². The minimum atomic E-state index is 0.717. The molecule has 1 aliphatic heterocycles. The Morgan fingerprint density at radius 1 is 1.17 bits per heavy atom. The molecule has 1 heterocycles. The molecule has 2 rings (SSSR count). The summed E-state index contributed by atoms with van der Waals surface area (Å²) in [4.78, 5) is 2.77. The van der Waals surface area contributed by atoms with Crippen molar-refractivity contribution in [3.8, 4) is 0 Å². The van der Waals surface area contributed by atoms with Gasteiger partial charge in [-0.05, 0) is 31.2 Å². The second-order valence-corrected chi connectivity index (χ2v) is 6.45. The van der Waals surface area contributed by atoms with Crippen molar-refractivity contribution in [3.05, 3.63) is 0 Å². The van der Waals surface area contributed by atoms with E-state index in [0.717, 1.165) is 23.9 Å². The molecule has 1 saturated carbocycles. The lowest BCUT2D eigenvalue weighted by Gasteiger charge is -2.46. The first-order valence-electron chi connectivity index (χ1n) is 8.23. The molecule has 2 heteroatoms. The average molecular weight is 252 g/mol. The van der Waals surface area contributed by atoms with Crippen LogP contribution in [0, 0.1) is 11.8 Å². The molecule has 18 heavy (non-hydrogen) atoms. The van der Waals surface area contributed by atoms with Gasteiger partial charge in [-0.15, -0.1) is 0 Å². The maximum absolute atomic E-state index is 3.84. The normalized spacial score (nSPS) is 33.5. The zero-order chi connectivity index (χ0) is 13.0. The summed E-state index contributed by atoms with van der Waals surface area (Å²) < 4.78 is 0. The Morgan fingerprint density at radius 3 is 2.50 bits per heavy atom. The van der Waals surface area contributed by atoms with E-state index in [-0.39, 0.29) is 0 Å². The Kier molecular flexibility index (Phi) is 5.50. The Bertz CT molecular complexity index is 235. The van der Waals surface area contributed by atoms with Crippen LogP contribution in [0.25, 0.3) is 0 Å². The SMILES string of the molecule is CCC(C)C1CN(CC)C(C2CCCCC2)CN1. The van der Waals surface area contributed by atoms with Crippen molar-refractivity contribution in [2.24, 2.45) is 11.8 Å². The number of nitrogens with zero attached hydrogens (tertiary/aromatic N) is 1. The van der Waals surface area contributed by atoms with Crippen LogP contribution in [-0.2, 0) is 0 Å². The van der Waals surface area contributed by atoms with Gasteiger partial charge < -0.3 is 5.32 Å². The fraction of sp³-hybridized carbons (Fsp3) is 1.00. The predicted molar refractivity (Wildman–Crippen MR) is 78.9 cm³/mol. The lowest BCUT2D eigenvalue weighted by atomic mass is 9.81. The molecule has 0 bridgehead atoms. The van der Waals surface area contributed by atoms with Gasteiger partial charge in [-0.3, -0.25) is 4.90 Å². The summed E-state index contributed by atoms with van der Waals surface area (Å²) in [5.41, 5.74) is 0. The first-order chi connectivity index (χ1) is 8.76. The number of hydrogen-bond acceptors (Lipinski definition) is 2. The van der Waals surface area contributed by atoms with Crippen LogP contribution in [0.4, 0.5) is 0 Å². The molecular weight excluding hydrogens is 220 g/mol. The van der Waals surface area contributed by atoms with Crippen LogP contribution >= 0.6 is 0 Å². The summed E-state index contributed by atoms with van der Waals surface area (Å²) in [7, 11) is 0. The minimum Gasteiger partial charge on any atom is -0.311 e. The highest BCUT2D eigenvalue weighted by Crippen LogP contribution is 2.30. The summed E-state index contributed by atoms with van der Waals surface area (Å²) in [6.07, 6.45) is 8.64. The second kappa shape index (κ2) is 6.91. The molecule has 2 fully saturated rings. The summed E-state index contributed by atoms with van der Waals surface area (Å²) in [6.45, 7) is 10.8. The molecular formula is C16H32N2. The standard InChI is InChI=1S/C16H32N2/c1-4-13(3)15-12-18(5-2)16(11-17-15)14-9-7-6-8-10-14/h13-17H,4-12H2,1-3H3. The molecule has 3 atom stereocenters. The number of hydrogen-bond donors (Lipinski definition) is 1. The average Bonchev–Trinajstić information content (AvgIpc) is 2.46. The van der Waals surface area contributed by atoms with Crippen LogP contribution in [0.3, 0.4) is 0 Å². The van der Waals surface area contributed by atoms with Gasteiger partial charge in [0.2, 0.25) is 0 Å². The molecule has 0 amide bonds. The fourth-order valence-corrected chi connectivity index (χ4v) is 3.87. The molecule has 1 N–H and O–H groups in total. The van der Waals surface area contributed by atoms with E-state index >= 15 is 0 Å². The van der Waals surface area contributed by atoms with Gasteiger partial charge >= 0.3 is 0 Å². The number of rotatable bonds is 4. The van der Waals surface area contributed by atoms with Crippen LogP contribution in [0.15, 0.2) is 0 Å². The Balaban J connectivity index is 1.92. The zero-order valence-electron chi connectivity index (χ0n) is 12.6. The van der Waals surface area contributed by atoms with E-state index in [1.165, 1.54) is 58.2 Å². The molecule has 2 aliphatic rings. The van der Waals surface area contributed by atoms with Crippen LogP contribution in [-0.4, -0.2) is 36.6 Å². The molecule has 3 unspecified atom stereocenters. The quantitative estimate of drug-likeness (QED) is 0.826. The Hall–Kier alpha value is -0.0800. The van der Waals surface area contributed by atoms with E-state index in [1.807, 2.05) is 0 Å². The summed E-state index contributed by atoms with van der Waals surface area (Å²) in [5, 5.41) is 3.84. The molecule has 1 aliphatic carbocycles. The molecule has 0 aromatic heterocycles. The highest BCUT2D eigenvalue weighted by molar-refractivity contribution is 4.91. The minimum absolute atomic E-state index is 0.717. The van der Waals surface area contributed by atoms with Gasteiger partial charge in [0.05, 0.1) is 0 Å². The van der Waals surface area contributed by atoms with E-state index in [4.69, 9.17) is 0 Å². The van der Waals surface area contributed by atoms with Crippen molar-refractivity contribution in [2.75, 3.05) is 19.6 Å². The maximum atomic E-state index is 3.84. The molecule has 0 aromatic rings. The van der Waals surface area contributed by atoms with E-state index in [2.05, 4.69) is 31.0 Å². The highest BCUT2D eigenvalue weighted by Gasteiger charge is 2.34. The largest absolute Gasteiger partial charge is 0.311 e. The molecule has 2 nitrogen and oxygen atoms in total. The van der Waals surface area contributed by atoms with Gasteiger partial charge in [0.1, 0.15) is 0 Å². The van der Waals surface area contributed by atoms with E-state index in [1.54, 1.807) is 0 Å². The van der Waals surface area contributed by atoms with E-state index in [0.29, 0.717) is 0 Å². The summed E-state index contributed by atoms with van der Waals surface area (Å²) in [6, 6.07) is 1.53. The van der Waals surface area contributed by atoms with Gasteiger partial charge in [0.25, 0.3) is 0 Å². The molecule has 0 aromatic carbocycles. The molecule has 106 valence electrons. The van der Waals surface area contributed by atoms with Gasteiger partial charge in [0, 0.05) is 25.2 Å². The van der Waals surface area contributed by atoms with Gasteiger partial charge in [-0.25, -0.2) is 0 Å². The maximum Gasteiger partial charge on any atom is 0.0249 e. The van der Waals surface area contributed by atoms with E-state index < -0.39 is 0 Å². The third kappa shape index (κ3) is 3.27. The Morgan fingerprint density at radius 2 is 1.89 bits per heavy atom. The number of nitrogens with one attached hydrogen (secondary N) is 1. The summed E-state index contributed by atoms with van der Waals surface area (Å²) >= 11 is 0. The van der Waals surface area contributed by atoms with Crippen molar-refractivity contribution in [1.29, 1.82) is 0 Å². The number of likely N-dealkylation sites (N-methyl/N-ethyl adjacent to an activating group) is 1. The topological polar surface area (TPSA) is 15.3 Å². The van der Waals surface area contributed by atoms with Crippen LogP contribution in [0.2, 0.25) is 0 Å². The van der Waals surface area contributed by atoms with Crippen molar-refractivity contribution in [1.82, 2.24) is 10.2 Å². The molecule has 0 radical (unpaired) electrons. The first-order valence-corrected chi connectivity index (χ1v) is 8.23. The van der Waals surface area contributed by atoms with Crippen LogP contribution in [0.1, 0.15) is 59.3 Å². The van der Waals surface area contributed by atoms with Crippen LogP contribution < -0.4 is 5.32 Å². The third-order valence-corrected chi connectivity index (χ3v) is 5.42. The number of piperazine rings is 1. The smallest absolute Gasteiger partial charge is 0.0249 e. The van der Waals surface area contributed by atoms with Crippen molar-refractivity contribution >= 4 is 0 Å². The van der Waals surface area contributed by atoms with Crippen molar-refractivity contribution < 1.29 is 0 Å². The molecule has 1 saturated heterocycles. The summed E-state index contributed by atoms with van der Waals surface area (Å²) in [5.74, 6) is 1.77. The van der Waals surface area contributed by atoms with Gasteiger partial charge in [-0.2, -0.15) is 0 Å². The monoisotopic (exact) mass is 252 g/mol. The zero-order valence-corrected chi connectivity index (χ0v) is 12.6. The first kappa shape index (κ1) is 14.3. The highest BCUT2D eigenvalue weighted by atomic mass is 15.2. The van der Waals surface area contributed by atoms with Crippen molar-refractivity contribution in [3.63, 3.8) is 0 Å². The second-order valence-electron chi connectivity index (χ2n) is 6.45. The van der Waals surface area contributed by atoms with Crippen molar-refractivity contribution in [2.45, 2.75) is 71.4 Å². The molecule has 0 spiro atoms. The van der Waals surface area contributed by atoms with Gasteiger partial charge in [0.15, 0.2) is 0 Å².